The van der Waals surface area contributed by atoms with Crippen molar-refractivity contribution in [3.8, 4) is 5.75 Å². The summed E-state index contributed by atoms with van der Waals surface area (Å²) in [7, 11) is 1.56. The largest absolute Gasteiger partial charge is 0.497 e. The number of hydrogen-bond acceptors (Lipinski definition) is 8. The maximum Gasteiger partial charge on any atom is 0.273 e. The van der Waals surface area contributed by atoms with Crippen molar-refractivity contribution >= 4 is 38.4 Å². The van der Waals surface area contributed by atoms with Gasteiger partial charge in [0.05, 0.1) is 7.11 Å². The molecule has 1 saturated heterocycles. The van der Waals surface area contributed by atoms with Gasteiger partial charge in [-0.3, -0.25) is 14.2 Å². The van der Waals surface area contributed by atoms with Gasteiger partial charge in [-0.25, -0.2) is 4.98 Å². The van der Waals surface area contributed by atoms with E-state index < -0.39 is 0 Å². The zero-order chi connectivity index (χ0) is 21.1. The summed E-state index contributed by atoms with van der Waals surface area (Å²) in [6, 6.07) is 7.06. The van der Waals surface area contributed by atoms with Crippen LogP contribution in [0.4, 0.5) is 10.8 Å². The lowest BCUT2D eigenvalue weighted by Crippen LogP contribution is -2.46. The van der Waals surface area contributed by atoms with Crippen LogP contribution in [0.1, 0.15) is 6.92 Å². The number of piperazine rings is 1. The molecule has 1 aromatic carbocycles. The van der Waals surface area contributed by atoms with Gasteiger partial charge in [0.2, 0.25) is 5.91 Å². The molecule has 0 spiro atoms. The van der Waals surface area contributed by atoms with E-state index in [1.165, 1.54) is 22.2 Å². The molecule has 1 amide bonds. The molecule has 0 unspecified atom stereocenters. The van der Waals surface area contributed by atoms with Crippen LogP contribution in [-0.4, -0.2) is 65.2 Å². The fourth-order valence-corrected chi connectivity index (χ4v) is 4.42. The normalized spacial score (nSPS) is 14.8. The smallest absolute Gasteiger partial charge is 0.273 e. The van der Waals surface area contributed by atoms with E-state index in [1.807, 2.05) is 0 Å². The fourth-order valence-electron chi connectivity index (χ4n) is 3.39. The van der Waals surface area contributed by atoms with Crippen LogP contribution in [0.2, 0.25) is 0 Å². The van der Waals surface area contributed by atoms with Gasteiger partial charge < -0.3 is 19.9 Å². The maximum atomic E-state index is 12.9. The Morgan fingerprint density at radius 1 is 1.27 bits per heavy atom. The number of carbonyl (C=O) groups excluding carboxylic acids is 1. The first-order valence-corrected chi connectivity index (χ1v) is 10.7. The van der Waals surface area contributed by atoms with E-state index >= 15 is 0 Å². The summed E-state index contributed by atoms with van der Waals surface area (Å²) in [5.41, 5.74) is 0.784. The van der Waals surface area contributed by atoms with Gasteiger partial charge in [0.1, 0.15) is 23.3 Å². The van der Waals surface area contributed by atoms with E-state index in [2.05, 4.69) is 32.0 Å². The molecule has 0 radical (unpaired) electrons. The number of likely N-dealkylation sites (N-methyl/N-ethyl adjacent to an activating group) is 1. The van der Waals surface area contributed by atoms with Crippen molar-refractivity contribution in [1.29, 1.82) is 0 Å². The molecule has 3 heterocycles. The van der Waals surface area contributed by atoms with E-state index in [1.54, 1.807) is 31.4 Å². The van der Waals surface area contributed by atoms with Crippen molar-refractivity contribution in [3.05, 3.63) is 40.9 Å². The molecule has 1 aliphatic heterocycles. The zero-order valence-electron chi connectivity index (χ0n) is 17.0. The highest BCUT2D eigenvalue weighted by Crippen LogP contribution is 2.26. The molecule has 158 valence electrons. The maximum absolute atomic E-state index is 12.9. The van der Waals surface area contributed by atoms with Crippen molar-refractivity contribution in [2.24, 2.45) is 0 Å². The average Bonchev–Trinajstić information content (AvgIpc) is 3.21. The molecule has 0 atom stereocenters. The number of thiazole rings is 1. The molecule has 1 fully saturated rings. The molecule has 30 heavy (non-hydrogen) atoms. The lowest BCUT2D eigenvalue weighted by atomic mass is 10.3. The van der Waals surface area contributed by atoms with Crippen LogP contribution in [-0.2, 0) is 11.3 Å². The first-order chi connectivity index (χ1) is 14.6. The fraction of sp³-hybridized carbons (Fsp3) is 0.400. The number of benzene rings is 1. The average molecular weight is 429 g/mol. The first kappa shape index (κ1) is 20.3. The molecular formula is C20H24N6O3S. The molecular weight excluding hydrogens is 404 g/mol. The number of hydrogen-bond donors (Lipinski definition) is 1. The van der Waals surface area contributed by atoms with Crippen LogP contribution >= 0.6 is 11.3 Å². The Balaban J connectivity index is 1.49. The quantitative estimate of drug-likeness (QED) is 0.638. The number of anilines is 2. The standard InChI is InChI=1S/C20H24N6O3S/c1-3-24-7-9-25(10-8-24)20-23-18-17(30-20)19(28)26(13-21-18)12-16(27)22-14-5-4-6-15(11-14)29-2/h4-6,11,13H,3,7-10,12H2,1-2H3,(H,22,27). The first-order valence-electron chi connectivity index (χ1n) is 9.84. The van der Waals surface area contributed by atoms with Crippen molar-refractivity contribution in [1.82, 2.24) is 19.4 Å². The molecule has 0 bridgehead atoms. The van der Waals surface area contributed by atoms with E-state index in [4.69, 9.17) is 4.74 Å². The summed E-state index contributed by atoms with van der Waals surface area (Å²) in [6.45, 7) is 6.79. The number of carbonyl (C=O) groups is 1. The molecule has 0 saturated carbocycles. The molecule has 10 heteroatoms. The molecule has 1 aliphatic rings. The lowest BCUT2D eigenvalue weighted by Gasteiger charge is -2.33. The third-order valence-electron chi connectivity index (χ3n) is 5.13. The van der Waals surface area contributed by atoms with Crippen LogP contribution in [0.5, 0.6) is 5.75 Å². The summed E-state index contributed by atoms with van der Waals surface area (Å²) in [5.74, 6) is 0.331. The highest BCUT2D eigenvalue weighted by molar-refractivity contribution is 7.22. The van der Waals surface area contributed by atoms with Crippen LogP contribution < -0.4 is 20.5 Å². The number of fused-ring (bicyclic) bond motifs is 1. The van der Waals surface area contributed by atoms with Gasteiger partial charge in [0.15, 0.2) is 10.8 Å². The minimum absolute atomic E-state index is 0.124. The van der Waals surface area contributed by atoms with Gasteiger partial charge in [-0.05, 0) is 18.7 Å². The highest BCUT2D eigenvalue weighted by atomic mass is 32.1. The Hall–Kier alpha value is -2.98. The molecule has 2 aromatic heterocycles. The molecule has 3 aromatic rings. The monoisotopic (exact) mass is 428 g/mol. The number of aromatic nitrogens is 3. The Labute approximate surface area is 177 Å². The molecule has 0 aliphatic carbocycles. The van der Waals surface area contributed by atoms with Crippen molar-refractivity contribution in [2.75, 3.05) is 50.1 Å². The van der Waals surface area contributed by atoms with Gasteiger partial charge in [-0.15, -0.1) is 0 Å². The highest BCUT2D eigenvalue weighted by Gasteiger charge is 2.20. The number of amides is 1. The second-order valence-corrected chi connectivity index (χ2v) is 8.01. The summed E-state index contributed by atoms with van der Waals surface area (Å²) in [5, 5.41) is 3.58. The predicted molar refractivity (Wildman–Crippen MR) is 118 cm³/mol. The zero-order valence-corrected chi connectivity index (χ0v) is 17.8. The van der Waals surface area contributed by atoms with Crippen LogP contribution in [0.3, 0.4) is 0 Å². The van der Waals surface area contributed by atoms with Crippen LogP contribution in [0.15, 0.2) is 35.4 Å². The van der Waals surface area contributed by atoms with Crippen LogP contribution in [0, 0.1) is 0 Å². The number of ether oxygens (including phenoxy) is 1. The van der Waals surface area contributed by atoms with Gasteiger partial charge in [-0.2, -0.15) is 4.98 Å². The van der Waals surface area contributed by atoms with Crippen molar-refractivity contribution in [2.45, 2.75) is 13.5 Å². The summed E-state index contributed by atoms with van der Waals surface area (Å²) < 4.78 is 6.94. The van der Waals surface area contributed by atoms with Gasteiger partial charge in [0, 0.05) is 37.9 Å². The van der Waals surface area contributed by atoms with Crippen LogP contribution in [0.25, 0.3) is 10.3 Å². The number of rotatable bonds is 6. The second-order valence-electron chi connectivity index (χ2n) is 7.03. The van der Waals surface area contributed by atoms with Crippen molar-refractivity contribution < 1.29 is 9.53 Å². The minimum Gasteiger partial charge on any atom is -0.497 e. The summed E-state index contributed by atoms with van der Waals surface area (Å²) in [6.07, 6.45) is 1.38. The van der Waals surface area contributed by atoms with E-state index in [-0.39, 0.29) is 18.0 Å². The van der Waals surface area contributed by atoms with E-state index in [9.17, 15) is 9.59 Å². The molecule has 9 nitrogen and oxygen atoms in total. The Bertz CT molecular complexity index is 1100. The molecule has 4 rings (SSSR count). The van der Waals surface area contributed by atoms with E-state index in [0.717, 1.165) is 37.9 Å². The second kappa shape index (κ2) is 8.80. The van der Waals surface area contributed by atoms with Crippen molar-refractivity contribution in [3.63, 3.8) is 0 Å². The van der Waals surface area contributed by atoms with Gasteiger partial charge in [-0.1, -0.05) is 24.3 Å². The SMILES string of the molecule is CCN1CCN(c2nc3ncn(CC(=O)Nc4cccc(OC)c4)c(=O)c3s2)CC1. The lowest BCUT2D eigenvalue weighted by molar-refractivity contribution is -0.116. The minimum atomic E-state index is -0.313. The summed E-state index contributed by atoms with van der Waals surface area (Å²) in [4.78, 5) is 38.7. The molecule has 1 N–H and O–H groups in total. The Morgan fingerprint density at radius 3 is 2.80 bits per heavy atom. The third kappa shape index (κ3) is 4.29. The topological polar surface area (TPSA) is 92.6 Å². The number of nitrogens with one attached hydrogen (secondary N) is 1. The third-order valence-corrected chi connectivity index (χ3v) is 6.22. The van der Waals surface area contributed by atoms with E-state index in [0.29, 0.717) is 21.8 Å². The Kier molecular flexibility index (Phi) is 5.96. The van der Waals surface area contributed by atoms with Gasteiger partial charge in [0.25, 0.3) is 5.56 Å². The Morgan fingerprint density at radius 2 is 2.07 bits per heavy atom. The predicted octanol–water partition coefficient (Wildman–Crippen LogP) is 1.64. The van der Waals surface area contributed by atoms with Gasteiger partial charge >= 0.3 is 0 Å². The number of methoxy groups -OCH3 is 1. The number of nitrogens with zero attached hydrogens (tertiary/aromatic N) is 5. The summed E-state index contributed by atoms with van der Waals surface area (Å²) >= 11 is 1.34.